The van der Waals surface area contributed by atoms with Crippen molar-refractivity contribution in [2.45, 2.75) is 64.9 Å². The monoisotopic (exact) mass is 439 g/mol. The Kier molecular flexibility index (Phi) is 5.41. The van der Waals surface area contributed by atoms with Gasteiger partial charge in [0.1, 0.15) is 5.01 Å². The molecule has 5 rings (SSSR count). The Balaban J connectivity index is 1.42. The fraction of sp³-hybridized carbons (Fsp3) is 0.640. The number of amides is 1. The zero-order valence-corrected chi connectivity index (χ0v) is 19.6. The van der Waals surface area contributed by atoms with Crippen molar-refractivity contribution >= 4 is 17.2 Å². The van der Waals surface area contributed by atoms with E-state index < -0.39 is 6.10 Å². The molecule has 1 aliphatic heterocycles. The molecule has 0 unspecified atom stereocenters. The SMILES string of the molecule is C[C@H](C(=O)N1CCCC1)[C@@H]1CC[C@]2(C)Cc3sc(-c4cccnc4)nc3[C@H](C)[C@@H]2[C@H]1O. The Hall–Kier alpha value is -1.79. The van der Waals surface area contributed by atoms with E-state index >= 15 is 0 Å². The van der Waals surface area contributed by atoms with E-state index in [1.807, 2.05) is 24.1 Å². The molecule has 2 aromatic rings. The first-order valence-corrected chi connectivity index (χ1v) is 12.6. The van der Waals surface area contributed by atoms with Gasteiger partial charge < -0.3 is 10.0 Å². The Morgan fingerprint density at radius 1 is 1.35 bits per heavy atom. The van der Waals surface area contributed by atoms with Crippen LogP contribution < -0.4 is 0 Å². The fourth-order valence-corrected chi connectivity index (χ4v) is 7.92. The van der Waals surface area contributed by atoms with E-state index in [1.54, 1.807) is 17.5 Å². The molecule has 6 heteroatoms. The van der Waals surface area contributed by atoms with Crippen molar-refractivity contribution < 1.29 is 9.90 Å². The maximum atomic E-state index is 13.1. The summed E-state index contributed by atoms with van der Waals surface area (Å²) in [5.41, 5.74) is 2.26. The van der Waals surface area contributed by atoms with Crippen LogP contribution in [0, 0.1) is 23.2 Å². The zero-order valence-electron chi connectivity index (χ0n) is 18.8. The van der Waals surface area contributed by atoms with Crippen LogP contribution in [-0.4, -0.2) is 45.1 Å². The topological polar surface area (TPSA) is 66.3 Å². The summed E-state index contributed by atoms with van der Waals surface area (Å²) >= 11 is 1.78. The molecule has 3 heterocycles. The fourth-order valence-electron chi connectivity index (χ4n) is 6.57. The molecule has 166 valence electrons. The molecule has 1 saturated heterocycles. The Labute approximate surface area is 188 Å². The van der Waals surface area contributed by atoms with Gasteiger partial charge in [0.15, 0.2) is 0 Å². The highest BCUT2D eigenvalue weighted by Crippen LogP contribution is 2.57. The number of hydrogen-bond acceptors (Lipinski definition) is 5. The third-order valence-electron chi connectivity index (χ3n) is 8.28. The summed E-state index contributed by atoms with van der Waals surface area (Å²) in [5, 5.41) is 12.6. The molecule has 0 aromatic carbocycles. The summed E-state index contributed by atoms with van der Waals surface area (Å²) in [7, 11) is 0. The molecular weight excluding hydrogens is 406 g/mol. The minimum atomic E-state index is -0.466. The first-order chi connectivity index (χ1) is 14.9. The quantitative estimate of drug-likeness (QED) is 0.764. The number of nitrogens with zero attached hydrogens (tertiary/aromatic N) is 3. The highest BCUT2D eigenvalue weighted by molar-refractivity contribution is 7.15. The summed E-state index contributed by atoms with van der Waals surface area (Å²) in [6.07, 6.45) is 8.35. The lowest BCUT2D eigenvalue weighted by Crippen LogP contribution is -2.53. The third kappa shape index (κ3) is 3.52. The van der Waals surface area contributed by atoms with Gasteiger partial charge >= 0.3 is 0 Å². The number of pyridine rings is 1. The van der Waals surface area contributed by atoms with Crippen molar-refractivity contribution in [1.82, 2.24) is 14.9 Å². The lowest BCUT2D eigenvalue weighted by Gasteiger charge is -2.53. The van der Waals surface area contributed by atoms with E-state index in [-0.39, 0.29) is 35.0 Å². The van der Waals surface area contributed by atoms with Crippen LogP contribution >= 0.6 is 11.3 Å². The second-order valence-corrected chi connectivity index (χ2v) is 11.3. The van der Waals surface area contributed by atoms with Gasteiger partial charge in [-0.2, -0.15) is 0 Å². The predicted molar refractivity (Wildman–Crippen MR) is 123 cm³/mol. The number of aliphatic hydroxyl groups is 1. The van der Waals surface area contributed by atoms with Crippen LogP contribution in [0.15, 0.2) is 24.5 Å². The predicted octanol–water partition coefficient (Wildman–Crippen LogP) is 4.52. The highest BCUT2D eigenvalue weighted by Gasteiger charge is 2.54. The van der Waals surface area contributed by atoms with Gasteiger partial charge in [0.05, 0.1) is 11.8 Å². The Bertz CT molecular complexity index is 955. The van der Waals surface area contributed by atoms with Crippen LogP contribution in [0.25, 0.3) is 10.6 Å². The number of rotatable bonds is 3. The lowest BCUT2D eigenvalue weighted by atomic mass is 9.53. The molecule has 31 heavy (non-hydrogen) atoms. The van der Waals surface area contributed by atoms with Crippen molar-refractivity contribution in [1.29, 1.82) is 0 Å². The molecular formula is C25H33N3O2S. The van der Waals surface area contributed by atoms with E-state index in [4.69, 9.17) is 4.98 Å². The number of carbonyl (C=O) groups excluding carboxylic acids is 1. The van der Waals surface area contributed by atoms with Gasteiger partial charge in [-0.05, 0) is 61.5 Å². The number of carbonyl (C=O) groups is 1. The lowest BCUT2D eigenvalue weighted by molar-refractivity contribution is -0.143. The van der Waals surface area contributed by atoms with Gasteiger partial charge in [0.25, 0.3) is 0 Å². The molecule has 3 aliphatic rings. The molecule has 1 N–H and O–H groups in total. The smallest absolute Gasteiger partial charge is 0.225 e. The first kappa shape index (κ1) is 21.1. The number of aliphatic hydroxyl groups excluding tert-OH is 1. The molecule has 2 aromatic heterocycles. The van der Waals surface area contributed by atoms with E-state index in [0.717, 1.165) is 61.5 Å². The maximum Gasteiger partial charge on any atom is 0.225 e. The highest BCUT2D eigenvalue weighted by atomic mass is 32.1. The summed E-state index contributed by atoms with van der Waals surface area (Å²) in [6.45, 7) is 8.37. The average Bonchev–Trinajstić information content (AvgIpc) is 3.43. The van der Waals surface area contributed by atoms with Crippen LogP contribution in [0.2, 0.25) is 0 Å². The molecule has 2 fully saturated rings. The van der Waals surface area contributed by atoms with Crippen molar-refractivity contribution in [3.8, 4) is 10.6 Å². The second kappa shape index (κ2) is 7.96. The second-order valence-electron chi connectivity index (χ2n) is 10.2. The van der Waals surface area contributed by atoms with Crippen molar-refractivity contribution in [3.63, 3.8) is 0 Å². The van der Waals surface area contributed by atoms with Crippen LogP contribution in [0.4, 0.5) is 0 Å². The van der Waals surface area contributed by atoms with Crippen molar-refractivity contribution in [2.75, 3.05) is 13.1 Å². The molecule has 5 nitrogen and oxygen atoms in total. The molecule has 1 amide bonds. The minimum Gasteiger partial charge on any atom is -0.392 e. The number of thiazole rings is 1. The minimum absolute atomic E-state index is 0.0339. The molecule has 0 radical (unpaired) electrons. The van der Waals surface area contributed by atoms with Crippen LogP contribution in [-0.2, 0) is 11.2 Å². The number of likely N-dealkylation sites (tertiary alicyclic amines) is 1. The maximum absolute atomic E-state index is 13.1. The van der Waals surface area contributed by atoms with Crippen LogP contribution in [0.5, 0.6) is 0 Å². The largest absolute Gasteiger partial charge is 0.392 e. The number of hydrogen-bond donors (Lipinski definition) is 1. The summed E-state index contributed by atoms with van der Waals surface area (Å²) in [5.74, 6) is 0.472. The Morgan fingerprint density at radius 2 is 2.13 bits per heavy atom. The molecule has 0 spiro atoms. The number of fused-ring (bicyclic) bond motifs is 2. The van der Waals surface area contributed by atoms with E-state index in [0.29, 0.717) is 0 Å². The van der Waals surface area contributed by atoms with Gasteiger partial charge in [-0.3, -0.25) is 9.78 Å². The van der Waals surface area contributed by atoms with Gasteiger partial charge in [-0.25, -0.2) is 4.98 Å². The average molecular weight is 440 g/mol. The van der Waals surface area contributed by atoms with Gasteiger partial charge in [-0.1, -0.05) is 20.8 Å². The summed E-state index contributed by atoms with van der Waals surface area (Å²) < 4.78 is 0. The van der Waals surface area contributed by atoms with Crippen molar-refractivity contribution in [2.24, 2.45) is 23.2 Å². The first-order valence-electron chi connectivity index (χ1n) is 11.8. The molecule has 6 atom stereocenters. The summed E-state index contributed by atoms with van der Waals surface area (Å²) in [6, 6.07) is 4.01. The standard InChI is InChI=1S/C25H33N3O2S/c1-15(24(30)28-11-4-5-12-28)18-8-9-25(3)13-19-21(16(2)20(25)22(18)29)27-23(31-19)17-7-6-10-26-14-17/h6-7,10,14-16,18,20,22,29H,4-5,8-9,11-13H2,1-3H3/t15-,16+,18-,20+,22-,25+/m0/s1. The van der Waals surface area contributed by atoms with E-state index in [9.17, 15) is 9.90 Å². The van der Waals surface area contributed by atoms with Gasteiger partial charge in [0.2, 0.25) is 5.91 Å². The number of aromatic nitrogens is 2. The van der Waals surface area contributed by atoms with Crippen LogP contribution in [0.1, 0.15) is 62.9 Å². The van der Waals surface area contributed by atoms with Crippen molar-refractivity contribution in [3.05, 3.63) is 35.1 Å². The van der Waals surface area contributed by atoms with Crippen LogP contribution in [0.3, 0.4) is 0 Å². The van der Waals surface area contributed by atoms with Gasteiger partial charge in [-0.15, -0.1) is 11.3 Å². The molecule has 2 aliphatic carbocycles. The zero-order chi connectivity index (χ0) is 21.8. The molecule has 0 bridgehead atoms. The van der Waals surface area contributed by atoms with E-state index in [2.05, 4.69) is 24.9 Å². The summed E-state index contributed by atoms with van der Waals surface area (Å²) in [4.78, 5) is 25.7. The van der Waals surface area contributed by atoms with E-state index in [1.165, 1.54) is 4.88 Å². The van der Waals surface area contributed by atoms with Gasteiger partial charge in [0, 0.05) is 47.8 Å². The normalized spacial score (nSPS) is 33.6. The Morgan fingerprint density at radius 3 is 2.84 bits per heavy atom. The third-order valence-corrected chi connectivity index (χ3v) is 9.40. The molecule has 1 saturated carbocycles.